The Bertz CT molecular complexity index is 2920. The largest absolute Gasteiger partial charge is 0.460 e. The number of esters is 1. The van der Waals surface area contributed by atoms with Crippen LogP contribution in [0, 0.1) is 27.7 Å². The number of halogens is 2. The summed E-state index contributed by atoms with van der Waals surface area (Å²) in [4.78, 5) is 42.4. The number of aliphatic imine (C=N–C) groups is 2. The van der Waals surface area contributed by atoms with Crippen LogP contribution in [0.2, 0.25) is 5.02 Å². The van der Waals surface area contributed by atoms with E-state index in [9.17, 15) is 9.59 Å². The molecular formula is C44H39Cl2N9O7. The molecular weight excluding hydrogens is 837 g/mol. The molecule has 3 aromatic carbocycles. The van der Waals surface area contributed by atoms with Gasteiger partial charge in [-0.3, -0.25) is 19.6 Å². The maximum atomic E-state index is 12.5. The first-order valence-corrected chi connectivity index (χ1v) is 20.2. The predicted molar refractivity (Wildman–Crippen MR) is 229 cm³/mol. The van der Waals surface area contributed by atoms with E-state index in [1.54, 1.807) is 26.0 Å². The number of aryl methyl sites for hydroxylation is 4. The zero-order valence-electron chi connectivity index (χ0n) is 34.6. The number of fused-ring (bicyclic) bond motifs is 6. The third kappa shape index (κ3) is 8.56. The van der Waals surface area contributed by atoms with Gasteiger partial charge in [0.1, 0.15) is 22.9 Å². The van der Waals surface area contributed by atoms with E-state index in [4.69, 9.17) is 56.8 Å². The summed E-state index contributed by atoms with van der Waals surface area (Å²) >= 11 is 12.7. The van der Waals surface area contributed by atoms with E-state index >= 15 is 0 Å². The van der Waals surface area contributed by atoms with Gasteiger partial charge in [-0.15, -0.1) is 0 Å². The Labute approximate surface area is 364 Å². The van der Waals surface area contributed by atoms with Crippen LogP contribution in [0.1, 0.15) is 96.9 Å². The molecule has 0 saturated heterocycles. The minimum Gasteiger partial charge on any atom is -0.460 e. The summed E-state index contributed by atoms with van der Waals surface area (Å²) in [6, 6.07) is 17.5. The number of hydrogen-bond donors (Lipinski definition) is 1. The highest BCUT2D eigenvalue weighted by Gasteiger charge is 2.34. The van der Waals surface area contributed by atoms with Crippen LogP contribution in [0.25, 0.3) is 45.2 Å². The van der Waals surface area contributed by atoms with Crippen molar-refractivity contribution < 1.29 is 32.4 Å². The lowest BCUT2D eigenvalue weighted by molar-refractivity contribution is -0.155. The molecule has 0 radical (unpaired) electrons. The van der Waals surface area contributed by atoms with Crippen molar-refractivity contribution in [1.82, 2.24) is 30.6 Å². The van der Waals surface area contributed by atoms with E-state index < -0.39 is 29.6 Å². The van der Waals surface area contributed by atoms with Crippen LogP contribution in [-0.4, -0.2) is 59.0 Å². The number of carbonyl (C=O) groups excluding carboxylic acids is 2. The zero-order chi connectivity index (χ0) is 44.0. The first-order chi connectivity index (χ1) is 29.5. The molecule has 0 spiro atoms. The number of benzene rings is 3. The SMILES string of the molecule is Cc1noc(-c2ccc3c(c2)C(Cl)=N[C@@H](CC(=O)OC(C)(C)C)c2onc(C)c2-3)n1.Cc1noc(-c2ccc3c(c2)C(c2ccc(Cl)cc2)=N[C@@H](CC(N)=O)c2onc(C)c2-3)n1. The highest BCUT2D eigenvalue weighted by atomic mass is 35.5. The fourth-order valence-corrected chi connectivity index (χ4v) is 7.67. The van der Waals surface area contributed by atoms with Crippen LogP contribution in [-0.2, 0) is 14.3 Å². The fraction of sp³-hybridized carbons (Fsp3) is 0.273. The number of aromatic nitrogens is 6. The highest BCUT2D eigenvalue weighted by Crippen LogP contribution is 2.43. The summed E-state index contributed by atoms with van der Waals surface area (Å²) in [7, 11) is 0. The van der Waals surface area contributed by atoms with Gasteiger partial charge in [-0.1, -0.05) is 68.1 Å². The van der Waals surface area contributed by atoms with E-state index in [0.29, 0.717) is 68.2 Å². The Morgan fingerprint density at radius 3 is 1.65 bits per heavy atom. The Morgan fingerprint density at radius 1 is 0.645 bits per heavy atom. The van der Waals surface area contributed by atoms with Gasteiger partial charge in [0.15, 0.2) is 23.2 Å². The molecule has 0 bridgehead atoms. The van der Waals surface area contributed by atoms with E-state index in [1.807, 2.05) is 83.1 Å². The molecule has 2 aliphatic rings. The monoisotopic (exact) mass is 875 g/mol. The molecule has 9 rings (SSSR count). The summed E-state index contributed by atoms with van der Waals surface area (Å²) < 4.78 is 27.3. The first kappa shape index (κ1) is 41.9. The third-order valence-corrected chi connectivity index (χ3v) is 10.4. The minimum absolute atomic E-state index is 0.0115. The number of hydrogen-bond acceptors (Lipinski definition) is 15. The molecule has 0 fully saturated rings. The van der Waals surface area contributed by atoms with Gasteiger partial charge < -0.3 is 28.6 Å². The van der Waals surface area contributed by atoms with Gasteiger partial charge in [-0.2, -0.15) is 9.97 Å². The predicted octanol–water partition coefficient (Wildman–Crippen LogP) is 9.21. The van der Waals surface area contributed by atoms with Crippen LogP contribution < -0.4 is 5.73 Å². The molecule has 62 heavy (non-hydrogen) atoms. The van der Waals surface area contributed by atoms with E-state index in [-0.39, 0.29) is 18.0 Å². The van der Waals surface area contributed by atoms with Gasteiger partial charge in [0.25, 0.3) is 11.8 Å². The molecule has 18 heteroatoms. The van der Waals surface area contributed by atoms with E-state index in [0.717, 1.165) is 38.9 Å². The lowest BCUT2D eigenvalue weighted by Gasteiger charge is -2.20. The summed E-state index contributed by atoms with van der Waals surface area (Å²) in [5, 5.41) is 16.8. The molecule has 2 atom stereocenters. The van der Waals surface area contributed by atoms with Crippen molar-refractivity contribution in [2.24, 2.45) is 15.7 Å². The Morgan fingerprint density at radius 2 is 1.15 bits per heavy atom. The maximum Gasteiger partial charge on any atom is 0.308 e. The second kappa shape index (κ2) is 16.6. The zero-order valence-corrected chi connectivity index (χ0v) is 36.1. The van der Waals surface area contributed by atoms with Crippen molar-refractivity contribution in [2.75, 3.05) is 0 Å². The molecule has 0 unspecified atom stereocenters. The van der Waals surface area contributed by atoms with Crippen LogP contribution in [0.3, 0.4) is 0 Å². The Hall–Kier alpha value is -6.78. The van der Waals surface area contributed by atoms with Crippen molar-refractivity contribution in [3.63, 3.8) is 0 Å². The number of nitrogens with two attached hydrogens (primary N) is 1. The quantitative estimate of drug-likeness (QED) is 0.148. The highest BCUT2D eigenvalue weighted by molar-refractivity contribution is 6.70. The average molecular weight is 877 g/mol. The molecule has 0 saturated carbocycles. The first-order valence-electron chi connectivity index (χ1n) is 19.4. The minimum atomic E-state index is -0.648. The number of carbonyl (C=O) groups is 2. The van der Waals surface area contributed by atoms with E-state index in [1.165, 1.54) is 0 Å². The summed E-state index contributed by atoms with van der Waals surface area (Å²) in [5.41, 5.74) is 14.0. The summed E-state index contributed by atoms with van der Waals surface area (Å²) in [5.74, 6) is 1.98. The molecule has 7 aromatic rings. The van der Waals surface area contributed by atoms with Crippen molar-refractivity contribution in [2.45, 2.75) is 79.0 Å². The number of primary amides is 1. The number of nitrogens with zero attached hydrogens (tertiary/aromatic N) is 8. The standard InChI is InChI=1S/C23H18ClN5O3.C21H21ClN4O4/c1-11-20-16-8-5-14(23-26-12(2)29-32-23)9-17(16)21(13-3-6-15(24)7-4-13)27-18(10-19(25)30)22(20)31-28-11;1-10-17-13-7-6-12(20-23-11(2)26-30-20)8-14(13)19(22)24-15(18(17)29-25-10)9-16(27)28-21(3,4)5/h3-9,18H,10H2,1-2H3,(H2,25,30);6-8,15H,9H2,1-5H3/t18-;15-/m00/s1. The van der Waals surface area contributed by atoms with Crippen molar-refractivity contribution in [1.29, 1.82) is 0 Å². The Balaban J connectivity index is 0.000000171. The number of amides is 1. The molecule has 16 nitrogen and oxygen atoms in total. The van der Waals surface area contributed by atoms with Gasteiger partial charge in [0.2, 0.25) is 5.91 Å². The van der Waals surface area contributed by atoms with Crippen molar-refractivity contribution >= 4 is 46.0 Å². The molecule has 4 aromatic heterocycles. The lowest BCUT2D eigenvalue weighted by Crippen LogP contribution is -2.24. The molecule has 1 amide bonds. The van der Waals surface area contributed by atoms with Gasteiger partial charge in [-0.05, 0) is 96.0 Å². The van der Waals surface area contributed by atoms with Crippen LogP contribution in [0.4, 0.5) is 0 Å². The lowest BCUT2D eigenvalue weighted by atomic mass is 9.91. The molecule has 2 N–H and O–H groups in total. The van der Waals surface area contributed by atoms with Gasteiger partial charge in [0.05, 0.1) is 41.1 Å². The average Bonchev–Trinajstić information content (AvgIpc) is 4.00. The third-order valence-electron chi connectivity index (χ3n) is 9.83. The summed E-state index contributed by atoms with van der Waals surface area (Å²) in [6.07, 6.45) is -0.0265. The van der Waals surface area contributed by atoms with Crippen LogP contribution in [0.5, 0.6) is 0 Å². The number of ether oxygens (including phenoxy) is 1. The second-order valence-corrected chi connectivity index (χ2v) is 16.5. The van der Waals surface area contributed by atoms with Crippen LogP contribution in [0.15, 0.2) is 88.7 Å². The van der Waals surface area contributed by atoms with Crippen LogP contribution >= 0.6 is 23.2 Å². The Kier molecular flexibility index (Phi) is 11.2. The summed E-state index contributed by atoms with van der Waals surface area (Å²) in [6.45, 7) is 12.6. The topological polar surface area (TPSA) is 224 Å². The maximum absolute atomic E-state index is 12.5. The van der Waals surface area contributed by atoms with E-state index in [2.05, 4.69) is 35.6 Å². The van der Waals surface area contributed by atoms with Gasteiger partial charge >= 0.3 is 5.97 Å². The number of rotatable bonds is 7. The normalized spacial score (nSPS) is 15.4. The fourth-order valence-electron chi connectivity index (χ4n) is 7.27. The van der Waals surface area contributed by atoms with Gasteiger partial charge in [-0.25, -0.2) is 0 Å². The molecule has 0 aliphatic carbocycles. The van der Waals surface area contributed by atoms with Gasteiger partial charge in [0, 0.05) is 32.8 Å². The van der Waals surface area contributed by atoms with Crippen molar-refractivity contribution in [3.8, 4) is 45.2 Å². The molecule has 6 heterocycles. The smallest absolute Gasteiger partial charge is 0.308 e. The molecule has 2 aliphatic heterocycles. The second-order valence-electron chi connectivity index (χ2n) is 15.7. The molecule has 316 valence electrons. The van der Waals surface area contributed by atoms with Crippen molar-refractivity contribution in [3.05, 3.63) is 117 Å².